The number of benzene rings is 4. The van der Waals surface area contributed by atoms with Gasteiger partial charge >= 0.3 is 0 Å². The topological polar surface area (TPSA) is 141 Å². The first kappa shape index (κ1) is 48.3. The van der Waals surface area contributed by atoms with Gasteiger partial charge in [-0.05, 0) is 130 Å². The van der Waals surface area contributed by atoms with E-state index in [9.17, 15) is 14.4 Å². The zero-order valence-electron chi connectivity index (χ0n) is 40.5. The Balaban J connectivity index is 0.946. The predicted octanol–water partition coefficient (Wildman–Crippen LogP) is 7.26. The van der Waals surface area contributed by atoms with E-state index in [0.717, 1.165) is 85.2 Å². The molecule has 4 aliphatic heterocycles. The molecule has 0 saturated carbocycles. The average Bonchev–Trinajstić information content (AvgIpc) is 3.59. The number of ether oxygens (including phenoxy) is 7. The van der Waals surface area contributed by atoms with Gasteiger partial charge in [0, 0.05) is 55.6 Å². The highest BCUT2D eigenvalue weighted by atomic mass is 16.5. The molecule has 0 unspecified atom stereocenters. The Morgan fingerprint density at radius 1 is 0.662 bits per heavy atom. The Bertz CT molecular complexity index is 2440. The molecule has 0 radical (unpaired) electrons. The number of methoxy groups -OCH3 is 3. The van der Waals surface area contributed by atoms with Crippen molar-refractivity contribution in [2.24, 2.45) is 5.92 Å². The molecule has 0 spiro atoms. The van der Waals surface area contributed by atoms with Gasteiger partial charge in [-0.25, -0.2) is 0 Å². The van der Waals surface area contributed by atoms with Gasteiger partial charge in [-0.3, -0.25) is 14.4 Å². The minimum absolute atomic E-state index is 0.00235. The summed E-state index contributed by atoms with van der Waals surface area (Å²) < 4.78 is 42.3. The maximum Gasteiger partial charge on any atom is 0.255 e. The first-order valence-electron chi connectivity index (χ1n) is 24.0. The molecule has 15 heteroatoms. The van der Waals surface area contributed by atoms with Gasteiger partial charge in [-0.2, -0.15) is 0 Å². The second kappa shape index (κ2) is 22.3. The number of fused-ring (bicyclic) bond motifs is 2. The van der Waals surface area contributed by atoms with E-state index in [1.165, 1.54) is 0 Å². The summed E-state index contributed by atoms with van der Waals surface area (Å²) in [6.07, 6.45) is 5.29. The fraction of sp³-hybridized carbons (Fsp3) is 0.491. The number of carbonyl (C=O) groups is 3. The van der Waals surface area contributed by atoms with Crippen LogP contribution < -0.4 is 38.5 Å². The van der Waals surface area contributed by atoms with Crippen LogP contribution in [0.4, 0.5) is 0 Å². The third kappa shape index (κ3) is 11.4. The van der Waals surface area contributed by atoms with Crippen LogP contribution in [0.1, 0.15) is 73.4 Å². The number of hydrogen-bond donors (Lipinski definition) is 1. The smallest absolute Gasteiger partial charge is 0.255 e. The molecule has 2 fully saturated rings. The molecule has 4 aromatic carbocycles. The van der Waals surface area contributed by atoms with Crippen molar-refractivity contribution in [2.75, 3.05) is 94.7 Å². The van der Waals surface area contributed by atoms with Crippen LogP contribution >= 0.6 is 0 Å². The molecule has 0 bridgehead atoms. The molecule has 2 atom stereocenters. The third-order valence-electron chi connectivity index (χ3n) is 13.4. The second-order valence-electron chi connectivity index (χ2n) is 18.4. The van der Waals surface area contributed by atoms with Gasteiger partial charge in [0.05, 0.1) is 53.2 Å². The van der Waals surface area contributed by atoms with E-state index < -0.39 is 0 Å². The number of amides is 3. The maximum absolute atomic E-state index is 13.9. The van der Waals surface area contributed by atoms with Crippen molar-refractivity contribution < 1.29 is 47.5 Å². The van der Waals surface area contributed by atoms with E-state index in [1.54, 1.807) is 26.2 Å². The molecule has 8 rings (SSSR count). The lowest BCUT2D eigenvalue weighted by atomic mass is 9.96. The van der Waals surface area contributed by atoms with E-state index in [1.807, 2.05) is 66.4 Å². The summed E-state index contributed by atoms with van der Waals surface area (Å²) in [6, 6.07) is 19.5. The number of hydrogen-bond acceptors (Lipinski definition) is 12. The standard InChI is InChI=1S/C53H67N5O10/c1-7-49(59)58-31-40-23-38(25-43(51(40)68-34-58)53(61)54-42-12-9-19-56(3)32-42)36-15-17-45(47(27-36)64-6)65-21-10-13-50(60)57-20-22-66-52-41(30-57)24-39(37-14-16-44(62-4)46(26-37)63-5)28-48(52)67-33-35-11-8-18-55(2)29-35/h14-17,23-28,35,42H,7-13,18-22,29-34H2,1-6H3,(H,54,61)/t35-,42-/m0/s1. The normalized spacial score (nSPS) is 18.5. The van der Waals surface area contributed by atoms with Gasteiger partial charge in [-0.15, -0.1) is 0 Å². The van der Waals surface area contributed by atoms with Crippen LogP contribution in [0.2, 0.25) is 0 Å². The Morgan fingerprint density at radius 3 is 2.01 bits per heavy atom. The summed E-state index contributed by atoms with van der Waals surface area (Å²) in [5.41, 5.74) is 5.53. The molecule has 0 aromatic heterocycles. The molecule has 4 aliphatic rings. The van der Waals surface area contributed by atoms with Crippen molar-refractivity contribution in [3.63, 3.8) is 0 Å². The monoisotopic (exact) mass is 933 g/mol. The lowest BCUT2D eigenvalue weighted by Gasteiger charge is -2.32. The molecular formula is C53H67N5O10. The molecule has 68 heavy (non-hydrogen) atoms. The molecular weight excluding hydrogens is 867 g/mol. The lowest BCUT2D eigenvalue weighted by molar-refractivity contribution is -0.135. The van der Waals surface area contributed by atoms with Gasteiger partial charge in [0.25, 0.3) is 5.91 Å². The lowest BCUT2D eigenvalue weighted by Crippen LogP contribution is -2.46. The molecule has 1 N–H and O–H groups in total. The second-order valence-corrected chi connectivity index (χ2v) is 18.4. The van der Waals surface area contributed by atoms with Crippen LogP contribution in [-0.4, -0.2) is 138 Å². The molecule has 2 saturated heterocycles. The van der Waals surface area contributed by atoms with Crippen LogP contribution in [0.3, 0.4) is 0 Å². The van der Waals surface area contributed by atoms with Gasteiger partial charge in [0.15, 0.2) is 41.2 Å². The van der Waals surface area contributed by atoms with Gasteiger partial charge in [0.1, 0.15) is 12.4 Å². The van der Waals surface area contributed by atoms with Gasteiger partial charge in [-0.1, -0.05) is 19.1 Å². The van der Waals surface area contributed by atoms with Crippen molar-refractivity contribution in [1.82, 2.24) is 24.9 Å². The number of nitrogens with one attached hydrogen (secondary N) is 1. The SMILES string of the molecule is CCC(=O)N1COc2c(cc(-c3ccc(OCCCC(=O)N4CCOc5c(cc(-c6ccc(OC)c(OC)c6)cc5OC[C@H]5CCCN(C)C5)C4)c(OC)c3)cc2C(=O)N[C@H]2CCCN(C)C2)C1. The first-order valence-corrected chi connectivity index (χ1v) is 24.0. The molecule has 364 valence electrons. The Hall–Kier alpha value is -6.19. The van der Waals surface area contributed by atoms with E-state index in [4.69, 9.17) is 33.2 Å². The zero-order chi connectivity index (χ0) is 47.7. The summed E-state index contributed by atoms with van der Waals surface area (Å²) >= 11 is 0. The van der Waals surface area contributed by atoms with Crippen LogP contribution in [0, 0.1) is 5.92 Å². The number of piperidine rings is 2. The third-order valence-corrected chi connectivity index (χ3v) is 13.4. The fourth-order valence-electron chi connectivity index (χ4n) is 9.77. The summed E-state index contributed by atoms with van der Waals surface area (Å²) in [7, 11) is 9.05. The average molecular weight is 934 g/mol. The summed E-state index contributed by atoms with van der Waals surface area (Å²) in [6.45, 7) is 8.14. The first-order chi connectivity index (χ1) is 33.0. The Morgan fingerprint density at radius 2 is 1.31 bits per heavy atom. The summed E-state index contributed by atoms with van der Waals surface area (Å²) in [4.78, 5) is 48.6. The quantitative estimate of drug-likeness (QED) is 0.113. The molecule has 3 amide bonds. The van der Waals surface area contributed by atoms with Crippen molar-refractivity contribution >= 4 is 17.7 Å². The van der Waals surface area contributed by atoms with Crippen molar-refractivity contribution in [3.05, 3.63) is 77.4 Å². The highest BCUT2D eigenvalue weighted by Gasteiger charge is 2.30. The number of nitrogens with zero attached hydrogens (tertiary/aromatic N) is 4. The number of rotatable bonds is 16. The molecule has 0 aliphatic carbocycles. The van der Waals surface area contributed by atoms with E-state index >= 15 is 0 Å². The Labute approximate surface area is 400 Å². The molecule has 15 nitrogen and oxygen atoms in total. The molecule has 4 heterocycles. The van der Waals surface area contributed by atoms with Gasteiger partial charge < -0.3 is 58.1 Å². The van der Waals surface area contributed by atoms with Crippen LogP contribution in [-0.2, 0) is 22.7 Å². The van der Waals surface area contributed by atoms with Crippen molar-refractivity contribution in [1.29, 1.82) is 0 Å². The highest BCUT2D eigenvalue weighted by Crippen LogP contribution is 2.42. The fourth-order valence-corrected chi connectivity index (χ4v) is 9.77. The minimum Gasteiger partial charge on any atom is -0.493 e. The van der Waals surface area contributed by atoms with Crippen LogP contribution in [0.5, 0.6) is 40.2 Å². The maximum atomic E-state index is 13.9. The minimum atomic E-state index is -0.201. The number of likely N-dealkylation sites (N-methyl/N-ethyl adjacent to an activating group) is 1. The molecule has 4 aromatic rings. The summed E-state index contributed by atoms with van der Waals surface area (Å²) in [5.74, 6) is 4.37. The predicted molar refractivity (Wildman–Crippen MR) is 259 cm³/mol. The number of likely N-dealkylation sites (tertiary alicyclic amines) is 2. The van der Waals surface area contributed by atoms with E-state index in [2.05, 4.69) is 35.3 Å². The van der Waals surface area contributed by atoms with Gasteiger partial charge in [0.2, 0.25) is 11.8 Å². The highest BCUT2D eigenvalue weighted by molar-refractivity contribution is 5.99. The largest absolute Gasteiger partial charge is 0.493 e. The van der Waals surface area contributed by atoms with E-state index in [-0.39, 0.29) is 43.5 Å². The zero-order valence-corrected chi connectivity index (χ0v) is 40.5. The Kier molecular flexibility index (Phi) is 15.8. The van der Waals surface area contributed by atoms with E-state index in [0.29, 0.717) is 97.4 Å². The number of carbonyl (C=O) groups excluding carboxylic acids is 3. The van der Waals surface area contributed by atoms with Crippen molar-refractivity contribution in [2.45, 2.75) is 71.0 Å². The van der Waals surface area contributed by atoms with Crippen LogP contribution in [0.15, 0.2) is 60.7 Å². The summed E-state index contributed by atoms with van der Waals surface area (Å²) in [5, 5.41) is 3.24. The van der Waals surface area contributed by atoms with Crippen LogP contribution in [0.25, 0.3) is 22.3 Å². The van der Waals surface area contributed by atoms with Crippen molar-refractivity contribution in [3.8, 4) is 62.5 Å².